The molecule has 0 aliphatic heterocycles. The Hall–Kier alpha value is -0.920. The maximum absolute atomic E-state index is 12.6. The number of aryl methyl sites for hydroxylation is 1. The first-order valence-electron chi connectivity index (χ1n) is 4.44. The second-order valence-electron chi connectivity index (χ2n) is 2.91. The molecule has 66 valence electrons. The molecule has 12 heavy (non-hydrogen) atoms. The number of rotatable bonds is 4. The molecule has 1 rings (SSSR count). The van der Waals surface area contributed by atoms with Gasteiger partial charge < -0.3 is 0 Å². The molecule has 0 amide bonds. The van der Waals surface area contributed by atoms with Crippen LogP contribution in [-0.2, 0) is 6.42 Å². The van der Waals surface area contributed by atoms with Crippen LogP contribution in [0.15, 0.2) is 18.2 Å². The summed E-state index contributed by atoms with van der Waals surface area (Å²) < 4.78 is 12.6. The summed E-state index contributed by atoms with van der Waals surface area (Å²) in [6, 6.07) is 4.96. The van der Waals surface area contributed by atoms with Gasteiger partial charge in [-0.3, -0.25) is 0 Å². The zero-order valence-electron chi connectivity index (χ0n) is 7.39. The van der Waals surface area contributed by atoms with E-state index in [1.165, 1.54) is 18.9 Å². The van der Waals surface area contributed by atoms with E-state index in [2.05, 4.69) is 11.9 Å². The molecule has 0 saturated heterocycles. The normalized spacial score (nSPS) is 10.2. The third-order valence-corrected chi connectivity index (χ3v) is 1.81. The van der Waals surface area contributed by atoms with Crippen LogP contribution in [0.2, 0.25) is 0 Å². The van der Waals surface area contributed by atoms with Crippen LogP contribution in [0.25, 0.3) is 0 Å². The van der Waals surface area contributed by atoms with E-state index < -0.39 is 0 Å². The molecular formula is C10H14FN. The predicted molar refractivity (Wildman–Crippen MR) is 47.4 cm³/mol. The molecule has 0 aliphatic carbocycles. The summed E-state index contributed by atoms with van der Waals surface area (Å²) in [5.41, 5.74) is 0.864. The van der Waals surface area contributed by atoms with E-state index in [4.69, 9.17) is 0 Å². The van der Waals surface area contributed by atoms with E-state index in [1.54, 1.807) is 6.07 Å². The molecule has 0 bridgehead atoms. The molecule has 0 fully saturated rings. The van der Waals surface area contributed by atoms with Crippen LogP contribution < -0.4 is 0 Å². The average Bonchev–Trinajstić information content (AvgIpc) is 2.05. The lowest BCUT2D eigenvalue weighted by Gasteiger charge is -1.98. The largest absolute Gasteiger partial charge is 0.225 e. The molecule has 0 N–H and O–H groups in total. The summed E-state index contributed by atoms with van der Waals surface area (Å²) in [6.07, 6.45) is 4.38. The smallest absolute Gasteiger partial charge is 0.213 e. The first-order valence-corrected chi connectivity index (χ1v) is 4.44. The molecule has 0 saturated carbocycles. The van der Waals surface area contributed by atoms with E-state index in [0.29, 0.717) is 0 Å². The molecule has 1 heterocycles. The third-order valence-electron chi connectivity index (χ3n) is 1.81. The maximum Gasteiger partial charge on any atom is 0.213 e. The van der Waals surface area contributed by atoms with Crippen molar-refractivity contribution in [2.24, 2.45) is 0 Å². The van der Waals surface area contributed by atoms with Crippen LogP contribution in [0.1, 0.15) is 31.9 Å². The topological polar surface area (TPSA) is 12.9 Å². The van der Waals surface area contributed by atoms with Gasteiger partial charge in [0.15, 0.2) is 0 Å². The molecule has 0 unspecified atom stereocenters. The van der Waals surface area contributed by atoms with Gasteiger partial charge in [-0.15, -0.1) is 0 Å². The van der Waals surface area contributed by atoms with Crippen LogP contribution in [0, 0.1) is 5.95 Å². The Kier molecular flexibility index (Phi) is 3.71. The van der Waals surface area contributed by atoms with Crippen LogP contribution in [0.4, 0.5) is 4.39 Å². The zero-order chi connectivity index (χ0) is 8.81. The molecule has 0 spiro atoms. The minimum Gasteiger partial charge on any atom is -0.225 e. The summed E-state index contributed by atoms with van der Waals surface area (Å²) in [5.74, 6) is -0.371. The first kappa shape index (κ1) is 9.17. The van der Waals surface area contributed by atoms with Crippen molar-refractivity contribution in [1.82, 2.24) is 4.98 Å². The fraction of sp³-hybridized carbons (Fsp3) is 0.500. The molecular weight excluding hydrogens is 153 g/mol. The Morgan fingerprint density at radius 2 is 2.17 bits per heavy atom. The number of pyridine rings is 1. The highest BCUT2D eigenvalue weighted by atomic mass is 19.1. The van der Waals surface area contributed by atoms with Crippen LogP contribution in [-0.4, -0.2) is 4.98 Å². The molecule has 1 nitrogen and oxygen atoms in total. The van der Waals surface area contributed by atoms with Gasteiger partial charge in [0.05, 0.1) is 0 Å². The van der Waals surface area contributed by atoms with Crippen LogP contribution in [0.5, 0.6) is 0 Å². The summed E-state index contributed by atoms with van der Waals surface area (Å²) in [5, 5.41) is 0. The number of nitrogens with zero attached hydrogens (tertiary/aromatic N) is 1. The molecule has 0 aromatic carbocycles. The SMILES string of the molecule is CCCCCc1cccc(F)n1. The van der Waals surface area contributed by atoms with Gasteiger partial charge in [-0.2, -0.15) is 4.39 Å². The van der Waals surface area contributed by atoms with Crippen molar-refractivity contribution in [2.75, 3.05) is 0 Å². The highest BCUT2D eigenvalue weighted by molar-refractivity contribution is 5.04. The van der Waals surface area contributed by atoms with Crippen molar-refractivity contribution >= 4 is 0 Å². The number of unbranched alkanes of at least 4 members (excludes halogenated alkanes) is 2. The number of aromatic nitrogens is 1. The van der Waals surface area contributed by atoms with E-state index in [1.807, 2.05) is 6.07 Å². The third kappa shape index (κ3) is 2.99. The second-order valence-corrected chi connectivity index (χ2v) is 2.91. The van der Waals surface area contributed by atoms with Gasteiger partial charge in [0.2, 0.25) is 5.95 Å². The lowest BCUT2D eigenvalue weighted by molar-refractivity contribution is 0.573. The van der Waals surface area contributed by atoms with Crippen molar-refractivity contribution in [3.63, 3.8) is 0 Å². The van der Waals surface area contributed by atoms with E-state index >= 15 is 0 Å². The van der Waals surface area contributed by atoms with Gasteiger partial charge in [-0.1, -0.05) is 25.8 Å². The fourth-order valence-electron chi connectivity index (χ4n) is 1.15. The standard InChI is InChI=1S/C10H14FN/c1-2-3-4-6-9-7-5-8-10(11)12-9/h5,7-8H,2-4,6H2,1H3. The number of hydrogen-bond acceptors (Lipinski definition) is 1. The van der Waals surface area contributed by atoms with Crippen LogP contribution >= 0.6 is 0 Å². The van der Waals surface area contributed by atoms with Crippen LogP contribution in [0.3, 0.4) is 0 Å². The lowest BCUT2D eigenvalue weighted by Crippen LogP contribution is -1.92. The first-order chi connectivity index (χ1) is 5.83. The van der Waals surface area contributed by atoms with Gasteiger partial charge >= 0.3 is 0 Å². The average molecular weight is 167 g/mol. The highest BCUT2D eigenvalue weighted by Gasteiger charge is 1.95. The van der Waals surface area contributed by atoms with Crippen molar-refractivity contribution < 1.29 is 4.39 Å². The number of hydrogen-bond donors (Lipinski definition) is 0. The summed E-state index contributed by atoms with van der Waals surface area (Å²) in [6.45, 7) is 2.15. The molecule has 0 atom stereocenters. The summed E-state index contributed by atoms with van der Waals surface area (Å²) in [4.78, 5) is 3.78. The Morgan fingerprint density at radius 1 is 1.33 bits per heavy atom. The Bertz CT molecular complexity index is 235. The van der Waals surface area contributed by atoms with Gasteiger partial charge in [-0.25, -0.2) is 4.98 Å². The van der Waals surface area contributed by atoms with E-state index in [9.17, 15) is 4.39 Å². The molecule has 1 aromatic rings. The van der Waals surface area contributed by atoms with Gasteiger partial charge in [0, 0.05) is 5.69 Å². The van der Waals surface area contributed by atoms with E-state index in [-0.39, 0.29) is 5.95 Å². The maximum atomic E-state index is 12.6. The fourth-order valence-corrected chi connectivity index (χ4v) is 1.15. The minimum atomic E-state index is -0.371. The highest BCUT2D eigenvalue weighted by Crippen LogP contribution is 2.04. The summed E-state index contributed by atoms with van der Waals surface area (Å²) in [7, 11) is 0. The van der Waals surface area contributed by atoms with Crippen molar-refractivity contribution in [1.29, 1.82) is 0 Å². The second kappa shape index (κ2) is 4.86. The summed E-state index contributed by atoms with van der Waals surface area (Å²) >= 11 is 0. The lowest BCUT2D eigenvalue weighted by atomic mass is 10.1. The molecule has 0 radical (unpaired) electrons. The Balaban J connectivity index is 2.41. The Morgan fingerprint density at radius 3 is 2.83 bits per heavy atom. The Labute approximate surface area is 72.6 Å². The predicted octanol–water partition coefficient (Wildman–Crippen LogP) is 2.95. The minimum absolute atomic E-state index is 0.371. The van der Waals surface area contributed by atoms with Crippen molar-refractivity contribution in [2.45, 2.75) is 32.6 Å². The van der Waals surface area contributed by atoms with Gasteiger partial charge in [0.1, 0.15) is 0 Å². The zero-order valence-corrected chi connectivity index (χ0v) is 7.39. The van der Waals surface area contributed by atoms with Crippen molar-refractivity contribution in [3.05, 3.63) is 29.8 Å². The van der Waals surface area contributed by atoms with Gasteiger partial charge in [-0.05, 0) is 25.0 Å². The van der Waals surface area contributed by atoms with Crippen molar-refractivity contribution in [3.8, 4) is 0 Å². The molecule has 1 aromatic heterocycles. The number of halogens is 1. The van der Waals surface area contributed by atoms with E-state index in [0.717, 1.165) is 18.5 Å². The molecule has 0 aliphatic rings. The quantitative estimate of drug-likeness (QED) is 0.496. The monoisotopic (exact) mass is 167 g/mol. The van der Waals surface area contributed by atoms with Gasteiger partial charge in [0.25, 0.3) is 0 Å². The molecule has 2 heteroatoms.